The first-order valence-corrected chi connectivity index (χ1v) is 11.7. The maximum Gasteiger partial charge on any atom is 0.307 e. The number of thioether (sulfide) groups is 1. The smallest absolute Gasteiger partial charge is 0.307 e. The number of amidine groups is 1. The van der Waals surface area contributed by atoms with Crippen molar-refractivity contribution in [2.75, 3.05) is 10.7 Å². The number of carbonyl (C=O) groups excluding carboxylic acids is 2. The van der Waals surface area contributed by atoms with Gasteiger partial charge >= 0.3 is 5.69 Å². The molecule has 4 aromatic rings. The Balaban J connectivity index is 1.43. The Bertz CT molecular complexity index is 1430. The number of benzene rings is 3. The molecule has 0 atom stereocenters. The van der Waals surface area contributed by atoms with Crippen LogP contribution in [0.3, 0.4) is 0 Å². The third-order valence-electron chi connectivity index (χ3n) is 5.15. The van der Waals surface area contributed by atoms with Crippen molar-refractivity contribution in [2.45, 2.75) is 0 Å². The van der Waals surface area contributed by atoms with Gasteiger partial charge in [-0.3, -0.25) is 14.5 Å². The molecule has 0 aliphatic carbocycles. The molecule has 1 amide bonds. The van der Waals surface area contributed by atoms with Crippen molar-refractivity contribution in [2.24, 2.45) is 4.99 Å². The van der Waals surface area contributed by atoms with Crippen LogP contribution in [0.15, 0.2) is 106 Å². The van der Waals surface area contributed by atoms with Crippen LogP contribution in [0.25, 0.3) is 11.8 Å². The molecule has 35 heavy (non-hydrogen) atoms. The normalized spacial score (nSPS) is 14.4. The van der Waals surface area contributed by atoms with Gasteiger partial charge in [0.25, 0.3) is 5.91 Å². The highest BCUT2D eigenvalue weighted by Gasteiger charge is 2.34. The zero-order valence-electron chi connectivity index (χ0n) is 18.3. The number of Topliss-reactive ketones (excluding diaryl/α,β-unsaturated/α-hetero) is 1. The first-order chi connectivity index (χ1) is 17.1. The Morgan fingerprint density at radius 2 is 1.60 bits per heavy atom. The van der Waals surface area contributed by atoms with Crippen LogP contribution in [0, 0.1) is 0 Å². The number of hydrogen-bond acceptors (Lipinski definition) is 7. The lowest BCUT2D eigenvalue weighted by Crippen LogP contribution is -2.39. The first-order valence-electron chi connectivity index (χ1n) is 10.7. The number of hydrogen-bond donors (Lipinski definition) is 0. The predicted molar refractivity (Wildman–Crippen MR) is 130 cm³/mol. The van der Waals surface area contributed by atoms with Gasteiger partial charge in [0, 0.05) is 12.1 Å². The van der Waals surface area contributed by atoms with E-state index < -0.39 is 11.7 Å². The minimum absolute atomic E-state index is 0.142. The summed E-state index contributed by atoms with van der Waals surface area (Å²) in [6, 6.07) is 27.2. The van der Waals surface area contributed by atoms with Gasteiger partial charge in [-0.2, -0.15) is 0 Å². The van der Waals surface area contributed by atoms with Gasteiger partial charge in [0.15, 0.2) is 11.1 Å². The van der Waals surface area contributed by atoms with E-state index in [4.69, 9.17) is 4.52 Å². The molecule has 5 rings (SSSR count). The van der Waals surface area contributed by atoms with Gasteiger partial charge in [-0.05, 0) is 28.5 Å². The zero-order valence-corrected chi connectivity index (χ0v) is 19.1. The van der Waals surface area contributed by atoms with Gasteiger partial charge < -0.3 is 9.63 Å². The van der Waals surface area contributed by atoms with Crippen LogP contribution in [0.4, 0.5) is 5.69 Å². The van der Waals surface area contributed by atoms with E-state index in [1.54, 1.807) is 42.5 Å². The van der Waals surface area contributed by atoms with Crippen molar-refractivity contribution in [3.8, 4) is 11.6 Å². The molecule has 1 aliphatic rings. The van der Waals surface area contributed by atoms with Crippen LogP contribution < -0.4 is 14.7 Å². The Kier molecular flexibility index (Phi) is 6.23. The Morgan fingerprint density at radius 1 is 0.971 bits per heavy atom. The summed E-state index contributed by atoms with van der Waals surface area (Å²) in [5.41, 5.74) is 2.05. The molecule has 0 unspecified atom stereocenters. The fourth-order valence-corrected chi connectivity index (χ4v) is 4.41. The highest BCUT2D eigenvalue weighted by atomic mass is 32.2. The van der Waals surface area contributed by atoms with E-state index in [9.17, 15) is 14.7 Å². The van der Waals surface area contributed by atoms with E-state index in [1.165, 1.54) is 9.58 Å². The van der Waals surface area contributed by atoms with Crippen molar-refractivity contribution < 1.29 is 23.9 Å². The second-order valence-electron chi connectivity index (χ2n) is 7.48. The third kappa shape index (κ3) is 4.62. The number of anilines is 1. The van der Waals surface area contributed by atoms with Crippen LogP contribution in [0.2, 0.25) is 0 Å². The van der Waals surface area contributed by atoms with Gasteiger partial charge in [-0.15, -0.1) is 0 Å². The number of aromatic nitrogens is 2. The summed E-state index contributed by atoms with van der Waals surface area (Å²) in [4.78, 5) is 32.3. The molecule has 172 valence electrons. The fraction of sp³-hybridized carbons (Fsp3) is 0.0385. The third-order valence-corrected chi connectivity index (χ3v) is 6.09. The number of rotatable bonds is 6. The number of carbonyl (C=O) groups is 2. The van der Waals surface area contributed by atoms with Gasteiger partial charge in [0.05, 0.1) is 16.7 Å². The van der Waals surface area contributed by atoms with Crippen molar-refractivity contribution in [1.29, 1.82) is 0 Å². The highest BCUT2D eigenvalue weighted by molar-refractivity contribution is 8.14. The molecule has 0 spiro atoms. The molecule has 1 aliphatic heterocycles. The number of ketones is 1. The molecule has 0 saturated carbocycles. The summed E-state index contributed by atoms with van der Waals surface area (Å²) < 4.78 is 5.94. The van der Waals surface area contributed by atoms with Gasteiger partial charge in [-0.25, -0.2) is 4.99 Å². The molecular weight excluding hydrogens is 464 g/mol. The molecule has 2 heterocycles. The standard InChI is InChI=1S/C26H18N4O4S/c31-22(23-25(33)34-28-30(23)20-14-8-3-9-15-20)17-35-26-27-21(16-18-10-4-1-5-11-18)24(32)29(26)19-12-6-2-7-13-19/h1-16H,17H2/b21-16+. The van der Waals surface area contributed by atoms with E-state index in [1.807, 2.05) is 54.6 Å². The summed E-state index contributed by atoms with van der Waals surface area (Å²) >= 11 is 1.07. The highest BCUT2D eigenvalue weighted by Crippen LogP contribution is 2.29. The lowest BCUT2D eigenvalue weighted by Gasteiger charge is -2.17. The minimum atomic E-state index is -0.825. The average molecular weight is 483 g/mol. The predicted octanol–water partition coefficient (Wildman–Crippen LogP) is 3.38. The summed E-state index contributed by atoms with van der Waals surface area (Å²) in [5.74, 6) is -1.76. The van der Waals surface area contributed by atoms with Gasteiger partial charge in [0.2, 0.25) is 11.5 Å². The summed E-state index contributed by atoms with van der Waals surface area (Å²) in [7, 11) is 0. The van der Waals surface area contributed by atoms with Crippen LogP contribution in [-0.2, 0) is 4.79 Å². The van der Waals surface area contributed by atoms with Gasteiger partial charge in [-0.1, -0.05) is 78.5 Å². The van der Waals surface area contributed by atoms with Crippen LogP contribution in [0.5, 0.6) is 5.95 Å². The lowest BCUT2D eigenvalue weighted by molar-refractivity contribution is -0.672. The van der Waals surface area contributed by atoms with Crippen molar-refractivity contribution in [3.63, 3.8) is 0 Å². The number of aliphatic imine (C=N–C) groups is 1. The van der Waals surface area contributed by atoms with E-state index in [0.717, 1.165) is 17.3 Å². The molecular formula is C26H18N4O4S. The fourth-order valence-electron chi connectivity index (χ4n) is 3.53. The van der Waals surface area contributed by atoms with E-state index in [-0.39, 0.29) is 23.1 Å². The molecule has 8 nitrogen and oxygen atoms in total. The number of para-hydroxylation sites is 2. The van der Waals surface area contributed by atoms with E-state index in [2.05, 4.69) is 10.3 Å². The number of amides is 1. The van der Waals surface area contributed by atoms with Crippen molar-refractivity contribution >= 4 is 40.4 Å². The van der Waals surface area contributed by atoms with E-state index >= 15 is 0 Å². The second-order valence-corrected chi connectivity index (χ2v) is 8.42. The van der Waals surface area contributed by atoms with Crippen LogP contribution >= 0.6 is 11.8 Å². The Hall–Kier alpha value is -4.50. The molecule has 0 radical (unpaired) electrons. The van der Waals surface area contributed by atoms with Gasteiger partial charge in [0.1, 0.15) is 5.70 Å². The van der Waals surface area contributed by atoms with Crippen LogP contribution in [-0.4, -0.2) is 27.9 Å². The zero-order chi connectivity index (χ0) is 24.2. The minimum Gasteiger partial charge on any atom is -0.539 e. The topological polar surface area (TPSA) is 103 Å². The SMILES string of the molecule is O=C(CSC1=N/C(=C/c2ccccc2)C(=O)N1c1ccccc1)c1c([O-])on[n+]1-c1ccccc1. The average Bonchev–Trinajstić information content (AvgIpc) is 3.43. The van der Waals surface area contributed by atoms with Crippen molar-refractivity contribution in [3.05, 3.63) is 108 Å². The summed E-state index contributed by atoms with van der Waals surface area (Å²) in [6.45, 7) is 0. The second kappa shape index (κ2) is 9.78. The monoisotopic (exact) mass is 482 g/mol. The molecule has 0 fully saturated rings. The lowest BCUT2D eigenvalue weighted by atomic mass is 10.2. The maximum absolute atomic E-state index is 13.3. The Morgan fingerprint density at radius 3 is 2.29 bits per heavy atom. The molecule has 0 N–H and O–H groups in total. The molecule has 9 heteroatoms. The van der Waals surface area contributed by atoms with Crippen LogP contribution in [0.1, 0.15) is 16.1 Å². The maximum atomic E-state index is 13.3. The quantitative estimate of drug-likeness (QED) is 0.237. The molecule has 3 aromatic carbocycles. The van der Waals surface area contributed by atoms with E-state index in [0.29, 0.717) is 16.5 Å². The summed E-state index contributed by atoms with van der Waals surface area (Å²) in [6.07, 6.45) is 1.70. The van der Waals surface area contributed by atoms with Crippen molar-refractivity contribution in [1.82, 2.24) is 5.27 Å². The largest absolute Gasteiger partial charge is 0.539 e. The molecule has 0 bridgehead atoms. The molecule has 1 aromatic heterocycles. The summed E-state index contributed by atoms with van der Waals surface area (Å²) in [5, 5.41) is 16.3. The number of nitrogens with zero attached hydrogens (tertiary/aromatic N) is 4. The Labute approximate surface area is 204 Å². The first kappa shape index (κ1) is 22.3. The molecule has 0 saturated heterocycles.